The number of nitrogens with zero attached hydrogens (tertiary/aromatic N) is 3. The van der Waals surface area contributed by atoms with Crippen LogP contribution in [0.25, 0.3) is 0 Å². The van der Waals surface area contributed by atoms with E-state index in [0.717, 1.165) is 5.01 Å². The Bertz CT molecular complexity index is 494. The summed E-state index contributed by atoms with van der Waals surface area (Å²) in [5, 5.41) is 9.72. The molecule has 0 aliphatic heterocycles. The van der Waals surface area contributed by atoms with E-state index in [0.29, 0.717) is 30.3 Å². The Balaban J connectivity index is 2.88. The van der Waals surface area contributed by atoms with Gasteiger partial charge in [-0.25, -0.2) is 4.98 Å². The quantitative estimate of drug-likeness (QED) is 0.832. The first-order valence-electron chi connectivity index (χ1n) is 6.86. The molecule has 5 heteroatoms. The second kappa shape index (κ2) is 6.85. The van der Waals surface area contributed by atoms with Gasteiger partial charge in [-0.05, 0) is 5.41 Å². The lowest BCUT2D eigenvalue weighted by Gasteiger charge is -2.29. The second-order valence-electron chi connectivity index (χ2n) is 6.41. The highest BCUT2D eigenvalue weighted by molar-refractivity contribution is 7.13. The van der Waals surface area contributed by atoms with Crippen molar-refractivity contribution in [2.75, 3.05) is 13.1 Å². The zero-order valence-corrected chi connectivity index (χ0v) is 13.8. The van der Waals surface area contributed by atoms with Crippen molar-refractivity contribution in [1.82, 2.24) is 9.88 Å². The molecule has 0 aromatic carbocycles. The van der Waals surface area contributed by atoms with Crippen LogP contribution < -0.4 is 0 Å². The molecule has 0 spiro atoms. The minimum absolute atomic E-state index is 0.0106. The Morgan fingerprint density at radius 1 is 1.50 bits per heavy atom. The molecule has 110 valence electrons. The van der Waals surface area contributed by atoms with E-state index in [4.69, 9.17) is 5.26 Å². The van der Waals surface area contributed by atoms with Gasteiger partial charge >= 0.3 is 0 Å². The van der Waals surface area contributed by atoms with Gasteiger partial charge in [0.15, 0.2) is 0 Å². The number of hydrogen-bond acceptors (Lipinski definition) is 4. The van der Waals surface area contributed by atoms with Crippen LogP contribution in [-0.4, -0.2) is 28.9 Å². The predicted molar refractivity (Wildman–Crippen MR) is 81.8 cm³/mol. The van der Waals surface area contributed by atoms with Crippen LogP contribution >= 0.6 is 11.3 Å². The zero-order valence-electron chi connectivity index (χ0n) is 12.9. The van der Waals surface area contributed by atoms with Crippen molar-refractivity contribution in [3.63, 3.8) is 0 Å². The van der Waals surface area contributed by atoms with Gasteiger partial charge in [-0.1, -0.05) is 34.6 Å². The van der Waals surface area contributed by atoms with Gasteiger partial charge < -0.3 is 4.90 Å². The average Bonchev–Trinajstić information content (AvgIpc) is 2.81. The number of hydrogen-bond donors (Lipinski definition) is 0. The summed E-state index contributed by atoms with van der Waals surface area (Å²) in [5.41, 5.74) is 0.0106. The Morgan fingerprint density at radius 2 is 2.15 bits per heavy atom. The highest BCUT2D eigenvalue weighted by atomic mass is 32.1. The van der Waals surface area contributed by atoms with Gasteiger partial charge in [0.05, 0.1) is 23.7 Å². The molecule has 4 nitrogen and oxygen atoms in total. The largest absolute Gasteiger partial charge is 0.336 e. The molecular formula is C15H23N3OS. The first-order chi connectivity index (χ1) is 9.24. The molecule has 1 amide bonds. The Morgan fingerprint density at radius 3 is 2.60 bits per heavy atom. The van der Waals surface area contributed by atoms with Crippen molar-refractivity contribution >= 4 is 17.2 Å². The van der Waals surface area contributed by atoms with Gasteiger partial charge in [-0.2, -0.15) is 5.26 Å². The van der Waals surface area contributed by atoms with Gasteiger partial charge in [0.1, 0.15) is 4.88 Å². The van der Waals surface area contributed by atoms with Gasteiger partial charge in [-0.3, -0.25) is 4.79 Å². The van der Waals surface area contributed by atoms with Crippen LogP contribution in [-0.2, 0) is 0 Å². The molecule has 0 aliphatic rings. The number of carbonyl (C=O) groups excluding carboxylic acids is 1. The van der Waals surface area contributed by atoms with Gasteiger partial charge in [0, 0.05) is 19.0 Å². The Labute approximate surface area is 125 Å². The zero-order chi connectivity index (χ0) is 15.3. The Hall–Kier alpha value is -1.41. The molecule has 0 N–H and O–H groups in total. The summed E-state index contributed by atoms with van der Waals surface area (Å²) in [5.74, 6) is 0.316. The van der Waals surface area contributed by atoms with Crippen molar-refractivity contribution in [2.24, 2.45) is 5.41 Å². The highest BCUT2D eigenvalue weighted by Crippen LogP contribution is 2.24. The molecule has 1 rings (SSSR count). The van der Waals surface area contributed by atoms with Crippen LogP contribution in [0.15, 0.2) is 6.20 Å². The molecule has 1 aromatic rings. The Kier molecular flexibility index (Phi) is 5.70. The average molecular weight is 293 g/mol. The topological polar surface area (TPSA) is 57.0 Å². The van der Waals surface area contributed by atoms with Crippen LogP contribution in [0.1, 0.15) is 61.6 Å². The van der Waals surface area contributed by atoms with E-state index < -0.39 is 0 Å². The maximum Gasteiger partial charge on any atom is 0.265 e. The maximum absolute atomic E-state index is 12.6. The van der Waals surface area contributed by atoms with E-state index in [2.05, 4.69) is 45.7 Å². The molecule has 0 unspecified atom stereocenters. The van der Waals surface area contributed by atoms with Crippen LogP contribution in [0.5, 0.6) is 0 Å². The van der Waals surface area contributed by atoms with E-state index >= 15 is 0 Å². The van der Waals surface area contributed by atoms with Crippen LogP contribution in [0.4, 0.5) is 0 Å². The van der Waals surface area contributed by atoms with Crippen molar-refractivity contribution in [3.05, 3.63) is 16.1 Å². The summed E-state index contributed by atoms with van der Waals surface area (Å²) < 4.78 is 0. The second-order valence-corrected chi connectivity index (χ2v) is 7.48. The van der Waals surface area contributed by atoms with Crippen molar-refractivity contribution in [1.29, 1.82) is 5.26 Å². The van der Waals surface area contributed by atoms with E-state index in [9.17, 15) is 4.79 Å². The fraction of sp³-hybridized carbons (Fsp3) is 0.667. The standard InChI is InChI=1S/C15H23N3OS/c1-11(2)13-17-9-12(20-13)14(19)18(8-6-7-16)10-15(3,4)5/h9,11H,6,8,10H2,1-5H3. The van der Waals surface area contributed by atoms with E-state index in [1.54, 1.807) is 11.1 Å². The van der Waals surface area contributed by atoms with Gasteiger partial charge in [0.2, 0.25) is 0 Å². The van der Waals surface area contributed by atoms with Crippen molar-refractivity contribution < 1.29 is 4.79 Å². The minimum atomic E-state index is -0.0143. The molecule has 0 aliphatic carbocycles. The molecule has 0 atom stereocenters. The number of amides is 1. The third-order valence-electron chi connectivity index (χ3n) is 2.67. The van der Waals surface area contributed by atoms with Crippen LogP contribution in [0, 0.1) is 16.7 Å². The number of nitriles is 1. The summed E-state index contributed by atoms with van der Waals surface area (Å²) >= 11 is 1.45. The molecule has 0 fully saturated rings. The fourth-order valence-electron chi connectivity index (χ4n) is 1.82. The third kappa shape index (κ3) is 4.93. The lowest BCUT2D eigenvalue weighted by atomic mass is 9.96. The number of rotatable bonds is 5. The molecule has 20 heavy (non-hydrogen) atoms. The fourth-order valence-corrected chi connectivity index (χ4v) is 2.71. The lowest BCUT2D eigenvalue weighted by Crippen LogP contribution is -2.38. The summed E-state index contributed by atoms with van der Waals surface area (Å²) in [6, 6.07) is 2.11. The molecule has 0 saturated heterocycles. The molecule has 0 bridgehead atoms. The van der Waals surface area contributed by atoms with Crippen molar-refractivity contribution in [3.8, 4) is 6.07 Å². The molecule has 0 saturated carbocycles. The lowest BCUT2D eigenvalue weighted by molar-refractivity contribution is 0.0704. The summed E-state index contributed by atoms with van der Waals surface area (Å²) in [7, 11) is 0. The van der Waals surface area contributed by atoms with Gasteiger partial charge in [-0.15, -0.1) is 11.3 Å². The first-order valence-corrected chi connectivity index (χ1v) is 7.68. The van der Waals surface area contributed by atoms with E-state index in [-0.39, 0.29) is 11.3 Å². The third-order valence-corrected chi connectivity index (χ3v) is 3.96. The normalized spacial score (nSPS) is 11.4. The molecule has 0 radical (unpaired) electrons. The van der Waals surface area contributed by atoms with E-state index in [1.807, 2.05) is 0 Å². The molecular weight excluding hydrogens is 270 g/mol. The monoisotopic (exact) mass is 293 g/mol. The number of carbonyl (C=O) groups is 1. The number of thiazole rings is 1. The van der Waals surface area contributed by atoms with Crippen LogP contribution in [0.3, 0.4) is 0 Å². The maximum atomic E-state index is 12.6. The SMILES string of the molecule is CC(C)c1ncc(C(=O)N(CCC#N)CC(C)(C)C)s1. The summed E-state index contributed by atoms with van der Waals surface area (Å²) in [6.07, 6.45) is 2.02. The van der Waals surface area contributed by atoms with Crippen molar-refractivity contribution in [2.45, 2.75) is 47.0 Å². The minimum Gasteiger partial charge on any atom is -0.336 e. The van der Waals surface area contributed by atoms with Gasteiger partial charge in [0.25, 0.3) is 5.91 Å². The summed E-state index contributed by atoms with van der Waals surface area (Å²) in [6.45, 7) is 11.5. The smallest absolute Gasteiger partial charge is 0.265 e. The molecule has 1 heterocycles. The highest BCUT2D eigenvalue weighted by Gasteiger charge is 2.23. The van der Waals surface area contributed by atoms with E-state index in [1.165, 1.54) is 11.3 Å². The van der Waals surface area contributed by atoms with Crippen LogP contribution in [0.2, 0.25) is 0 Å². The first kappa shape index (κ1) is 16.6. The molecule has 1 aromatic heterocycles. The number of aromatic nitrogens is 1. The summed E-state index contributed by atoms with van der Waals surface area (Å²) in [4.78, 5) is 19.3. The predicted octanol–water partition coefficient (Wildman–Crippen LogP) is 3.67.